The standard InChI is InChI=1S/C70H55B2N7/c1-49-24-21-25-50(2)68(49)71-76(55-32-13-7-14-33-55)63-43-41-57(74-48-75(62-39-18-17-38-61(62)74)70-59(53-28-9-5-10-29-53)36-23-37-60(70)54-30-11-6-12-31-54)46-65(63)78(71)58-42-44-64-66(47-58)79(67-40-19-20-45-73-67)72(69-51(3)26-22-27-52(69)4)77(64)56-34-15-8-16-35-56/h5-47H,1-4H3. The number of imidazole rings is 1. The van der Waals surface area contributed by atoms with E-state index < -0.39 is 0 Å². The van der Waals surface area contributed by atoms with E-state index in [1.165, 1.54) is 33.2 Å². The van der Waals surface area contributed by atoms with Crippen LogP contribution in [-0.2, 0) is 0 Å². The van der Waals surface area contributed by atoms with E-state index in [-0.39, 0.29) is 14.0 Å². The third kappa shape index (κ3) is 7.99. The minimum atomic E-state index is -0.266. The molecule has 0 unspecified atom stereocenters. The monoisotopic (exact) mass is 1020 g/mol. The van der Waals surface area contributed by atoms with Gasteiger partial charge in [0.15, 0.2) is 0 Å². The van der Waals surface area contributed by atoms with Crippen LogP contribution in [0.3, 0.4) is 0 Å². The van der Waals surface area contributed by atoms with Gasteiger partial charge in [-0.3, -0.25) is 9.13 Å². The van der Waals surface area contributed by atoms with Gasteiger partial charge in [-0.2, -0.15) is 0 Å². The number of para-hydroxylation sites is 5. The molecule has 4 heterocycles. The Morgan fingerprint density at radius 2 is 0.810 bits per heavy atom. The molecule has 10 aromatic carbocycles. The maximum Gasteiger partial charge on any atom is 0.422 e. The fraction of sp³-hybridized carbons (Fsp3) is 0.0571. The predicted molar refractivity (Wildman–Crippen MR) is 329 cm³/mol. The minimum Gasteiger partial charge on any atom is -0.360 e. The molecule has 9 heteroatoms. The van der Waals surface area contributed by atoms with Gasteiger partial charge >= 0.3 is 14.0 Å². The highest BCUT2D eigenvalue weighted by Crippen LogP contribution is 2.52. The van der Waals surface area contributed by atoms with Crippen LogP contribution in [0.4, 0.5) is 45.6 Å². The van der Waals surface area contributed by atoms with E-state index in [2.05, 4.69) is 311 Å². The zero-order valence-corrected chi connectivity index (χ0v) is 44.6. The Morgan fingerprint density at radius 1 is 0.367 bits per heavy atom. The van der Waals surface area contributed by atoms with E-state index in [4.69, 9.17) is 4.98 Å². The van der Waals surface area contributed by atoms with Gasteiger partial charge in [0.2, 0.25) is 0 Å². The molecule has 14 rings (SSSR count). The summed E-state index contributed by atoms with van der Waals surface area (Å²) < 4.78 is 4.53. The molecule has 12 aromatic rings. The van der Waals surface area contributed by atoms with Gasteiger partial charge < -0.3 is 19.2 Å². The Balaban J connectivity index is 1.02. The first kappa shape index (κ1) is 47.6. The second kappa shape index (κ2) is 19.6. The lowest BCUT2D eigenvalue weighted by molar-refractivity contribution is -0.571. The molecule has 0 N–H and O–H groups in total. The molecule has 2 aliphatic heterocycles. The second-order valence-corrected chi connectivity index (χ2v) is 20.7. The fourth-order valence-corrected chi connectivity index (χ4v) is 12.5. The number of fused-ring (bicyclic) bond motifs is 3. The van der Waals surface area contributed by atoms with Crippen LogP contribution in [0.2, 0.25) is 0 Å². The van der Waals surface area contributed by atoms with Crippen molar-refractivity contribution >= 4 is 81.6 Å². The van der Waals surface area contributed by atoms with Crippen LogP contribution < -0.4 is 34.7 Å². The number of hydrogen-bond donors (Lipinski definition) is 0. The summed E-state index contributed by atoms with van der Waals surface area (Å²) in [7, 11) is 0. The average Bonchev–Trinajstić information content (AvgIpc) is 4.38. The molecule has 0 saturated heterocycles. The molecule has 79 heavy (non-hydrogen) atoms. The van der Waals surface area contributed by atoms with E-state index >= 15 is 0 Å². The van der Waals surface area contributed by atoms with Crippen LogP contribution in [0.1, 0.15) is 22.3 Å². The van der Waals surface area contributed by atoms with E-state index in [1.807, 2.05) is 12.3 Å². The van der Waals surface area contributed by atoms with E-state index in [0.717, 1.165) is 90.3 Å². The maximum absolute atomic E-state index is 5.13. The molecular weight excluding hydrogens is 960 g/mol. The molecule has 0 fully saturated rings. The molecule has 0 aliphatic carbocycles. The highest BCUT2D eigenvalue weighted by molar-refractivity contribution is 6.86. The zero-order valence-electron chi connectivity index (χ0n) is 44.6. The zero-order chi connectivity index (χ0) is 53.1. The summed E-state index contributed by atoms with van der Waals surface area (Å²) in [5, 5.41) is 0. The lowest BCUT2D eigenvalue weighted by Crippen LogP contribution is -2.55. The largest absolute Gasteiger partial charge is 0.422 e. The lowest BCUT2D eigenvalue weighted by Gasteiger charge is -2.32. The van der Waals surface area contributed by atoms with Gasteiger partial charge in [0.1, 0.15) is 5.82 Å². The molecule has 0 atom stereocenters. The topological polar surface area (TPSA) is 34.7 Å². The lowest BCUT2D eigenvalue weighted by atomic mass is 9.61. The van der Waals surface area contributed by atoms with Gasteiger partial charge in [-0.25, -0.2) is 4.98 Å². The summed E-state index contributed by atoms with van der Waals surface area (Å²) in [5.74, 6) is 0.876. The van der Waals surface area contributed by atoms with Gasteiger partial charge in [0.25, 0.3) is 6.33 Å². The van der Waals surface area contributed by atoms with E-state index in [0.29, 0.717) is 0 Å². The number of aryl methyl sites for hydroxylation is 4. The Bertz CT molecular complexity index is 4130. The van der Waals surface area contributed by atoms with Crippen molar-refractivity contribution in [3.63, 3.8) is 0 Å². The molecular formula is C70H55B2N7. The number of rotatable bonds is 10. The summed E-state index contributed by atoms with van der Waals surface area (Å²) >= 11 is 0. The number of anilines is 8. The first-order chi connectivity index (χ1) is 38.9. The van der Waals surface area contributed by atoms with Crippen LogP contribution in [0.25, 0.3) is 44.7 Å². The van der Waals surface area contributed by atoms with Gasteiger partial charge in [0.05, 0.1) is 45.2 Å². The Morgan fingerprint density at radius 3 is 1.35 bits per heavy atom. The number of pyridine rings is 1. The van der Waals surface area contributed by atoms with Gasteiger partial charge in [-0.05, 0) is 134 Å². The molecule has 0 saturated carbocycles. The predicted octanol–water partition coefficient (Wildman–Crippen LogP) is 15.0. The van der Waals surface area contributed by atoms with Gasteiger partial charge in [-0.15, -0.1) is 0 Å². The van der Waals surface area contributed by atoms with Crippen LogP contribution in [0, 0.1) is 34.0 Å². The molecule has 0 amide bonds. The van der Waals surface area contributed by atoms with Gasteiger partial charge in [0, 0.05) is 23.3 Å². The summed E-state index contributed by atoms with van der Waals surface area (Å²) in [6.07, 6.45) is 5.89. The fourth-order valence-electron chi connectivity index (χ4n) is 12.5. The van der Waals surface area contributed by atoms with Crippen molar-refractivity contribution < 1.29 is 4.57 Å². The van der Waals surface area contributed by atoms with Gasteiger partial charge in [-0.1, -0.05) is 204 Å². The van der Waals surface area contributed by atoms with E-state index in [9.17, 15) is 0 Å². The summed E-state index contributed by atoms with van der Waals surface area (Å²) in [5.41, 5.74) is 23.7. The normalized spacial score (nSPS) is 12.9. The Hall–Kier alpha value is -9.85. The van der Waals surface area contributed by atoms with Crippen molar-refractivity contribution in [2.24, 2.45) is 0 Å². The number of hydrogen-bond acceptors (Lipinski definition) is 5. The summed E-state index contributed by atoms with van der Waals surface area (Å²) in [4.78, 5) is 15.2. The van der Waals surface area contributed by atoms with Crippen molar-refractivity contribution in [3.05, 3.63) is 290 Å². The minimum absolute atomic E-state index is 0.227. The maximum atomic E-state index is 5.13. The van der Waals surface area contributed by atoms with Crippen molar-refractivity contribution in [3.8, 4) is 33.6 Å². The number of benzene rings is 10. The van der Waals surface area contributed by atoms with Crippen LogP contribution in [0.5, 0.6) is 0 Å². The Labute approximate surface area is 463 Å². The SMILES string of the molecule is Cc1cccc(C)c1B1N(c2ccccc2)c2ccc(-n3[c-][n+](-c4c(-c5ccccc5)cccc4-c4ccccc4)c4ccccc43)cc2N1c1ccc2c(c1)N(c1ccccn1)B(c1c(C)cccc1C)N2c1ccccc1. The third-order valence-corrected chi connectivity index (χ3v) is 16.0. The van der Waals surface area contributed by atoms with Crippen molar-refractivity contribution in [2.45, 2.75) is 27.7 Å². The molecule has 2 aliphatic rings. The van der Waals surface area contributed by atoms with E-state index in [1.54, 1.807) is 0 Å². The van der Waals surface area contributed by atoms with Crippen LogP contribution in [-0.4, -0.2) is 23.5 Å². The highest BCUT2D eigenvalue weighted by atomic mass is 15.3. The van der Waals surface area contributed by atoms with Crippen molar-refractivity contribution in [2.75, 3.05) is 19.2 Å². The first-order valence-electron chi connectivity index (χ1n) is 27.2. The third-order valence-electron chi connectivity index (χ3n) is 16.0. The highest BCUT2D eigenvalue weighted by Gasteiger charge is 2.49. The molecule has 376 valence electrons. The average molecular weight is 1020 g/mol. The van der Waals surface area contributed by atoms with Crippen LogP contribution >= 0.6 is 0 Å². The Kier molecular flexibility index (Phi) is 11.8. The van der Waals surface area contributed by atoms with Crippen LogP contribution in [0.15, 0.2) is 261 Å². The quantitative estimate of drug-likeness (QED) is 0.0775. The summed E-state index contributed by atoms with van der Waals surface area (Å²) in [6.45, 7) is 8.49. The smallest absolute Gasteiger partial charge is 0.360 e. The van der Waals surface area contributed by atoms with Crippen molar-refractivity contribution in [1.82, 2.24) is 9.55 Å². The molecule has 0 spiro atoms. The molecule has 2 aromatic heterocycles. The number of aromatic nitrogens is 3. The molecule has 7 nitrogen and oxygen atoms in total. The summed E-state index contributed by atoms with van der Waals surface area (Å²) in [6, 6.07) is 92.1. The second-order valence-electron chi connectivity index (χ2n) is 20.7. The van der Waals surface area contributed by atoms with Crippen molar-refractivity contribution in [1.29, 1.82) is 0 Å². The molecule has 0 bridgehead atoms. The number of nitrogens with zero attached hydrogens (tertiary/aromatic N) is 7. The first-order valence-corrected chi connectivity index (χ1v) is 27.2. The molecule has 0 radical (unpaired) electrons.